The third-order valence-electron chi connectivity index (χ3n) is 1.85. The molecule has 0 aliphatic heterocycles. The van der Waals surface area contributed by atoms with Gasteiger partial charge in [-0.05, 0) is 12.8 Å². The Hall–Kier alpha value is 0.137. The Morgan fingerprint density at radius 1 is 1.42 bits per heavy atom. The SMILES string of the molecule is CCC(O)COCCC[SiH](C)C. The number of hydrogen-bond acceptors (Lipinski definition) is 2. The second kappa shape index (κ2) is 7.77. The molecule has 0 aromatic carbocycles. The second-order valence-corrected chi connectivity index (χ2v) is 7.04. The summed E-state index contributed by atoms with van der Waals surface area (Å²) in [6.45, 7) is 8.00. The average Bonchev–Trinajstić information content (AvgIpc) is 2.03. The molecule has 0 saturated carbocycles. The van der Waals surface area contributed by atoms with Gasteiger partial charge in [0, 0.05) is 15.4 Å². The molecule has 0 fully saturated rings. The summed E-state index contributed by atoms with van der Waals surface area (Å²) in [7, 11) is -0.388. The quantitative estimate of drug-likeness (QED) is 0.488. The van der Waals surface area contributed by atoms with E-state index in [9.17, 15) is 0 Å². The van der Waals surface area contributed by atoms with Gasteiger partial charge in [-0.2, -0.15) is 0 Å². The first-order chi connectivity index (χ1) is 5.66. The van der Waals surface area contributed by atoms with Crippen LogP contribution in [0.1, 0.15) is 19.8 Å². The Bertz CT molecular complexity index is 96.5. The molecule has 0 amide bonds. The van der Waals surface area contributed by atoms with Gasteiger partial charge in [-0.1, -0.05) is 26.1 Å². The highest BCUT2D eigenvalue weighted by Gasteiger charge is 2.00. The van der Waals surface area contributed by atoms with Crippen molar-refractivity contribution in [3.8, 4) is 0 Å². The van der Waals surface area contributed by atoms with Gasteiger partial charge in [-0.3, -0.25) is 0 Å². The van der Waals surface area contributed by atoms with Crippen LogP contribution in [0, 0.1) is 0 Å². The van der Waals surface area contributed by atoms with E-state index in [0.29, 0.717) is 6.61 Å². The summed E-state index contributed by atoms with van der Waals surface area (Å²) >= 11 is 0. The number of rotatable bonds is 7. The molecule has 0 aliphatic carbocycles. The second-order valence-electron chi connectivity index (χ2n) is 3.67. The van der Waals surface area contributed by atoms with E-state index in [-0.39, 0.29) is 14.9 Å². The summed E-state index contributed by atoms with van der Waals surface area (Å²) < 4.78 is 5.31. The molecule has 0 heterocycles. The van der Waals surface area contributed by atoms with Crippen molar-refractivity contribution in [3.63, 3.8) is 0 Å². The smallest absolute Gasteiger partial charge is 0.0771 e. The minimum Gasteiger partial charge on any atom is -0.391 e. The van der Waals surface area contributed by atoms with Gasteiger partial charge < -0.3 is 9.84 Å². The summed E-state index contributed by atoms with van der Waals surface area (Å²) in [5.74, 6) is 0. The molecular formula is C9H22O2Si. The molecule has 3 heteroatoms. The van der Waals surface area contributed by atoms with Crippen molar-refractivity contribution >= 4 is 8.80 Å². The van der Waals surface area contributed by atoms with Gasteiger partial charge in [-0.25, -0.2) is 0 Å². The summed E-state index contributed by atoms with van der Waals surface area (Å²) in [6, 6.07) is 1.35. The van der Waals surface area contributed by atoms with Gasteiger partial charge in [0.05, 0.1) is 12.7 Å². The molecule has 0 aromatic rings. The standard InChI is InChI=1S/C9H22O2Si/c1-4-9(10)8-11-6-5-7-12(2)3/h9-10,12H,4-8H2,1-3H3. The third kappa shape index (κ3) is 8.24. The lowest BCUT2D eigenvalue weighted by molar-refractivity contribution is 0.0353. The fourth-order valence-corrected chi connectivity index (χ4v) is 1.91. The normalized spacial score (nSPS) is 13.8. The highest BCUT2D eigenvalue weighted by Crippen LogP contribution is 1.98. The van der Waals surface area contributed by atoms with Gasteiger partial charge in [0.2, 0.25) is 0 Å². The third-order valence-corrected chi connectivity index (χ3v) is 3.41. The number of aliphatic hydroxyl groups excluding tert-OH is 1. The average molecular weight is 190 g/mol. The Balaban J connectivity index is 3.00. The van der Waals surface area contributed by atoms with Gasteiger partial charge in [0.1, 0.15) is 0 Å². The van der Waals surface area contributed by atoms with E-state index in [4.69, 9.17) is 9.84 Å². The highest BCUT2D eigenvalue weighted by atomic mass is 28.3. The lowest BCUT2D eigenvalue weighted by Gasteiger charge is -2.08. The molecule has 12 heavy (non-hydrogen) atoms. The largest absolute Gasteiger partial charge is 0.391 e. The van der Waals surface area contributed by atoms with Crippen molar-refractivity contribution in [2.24, 2.45) is 0 Å². The van der Waals surface area contributed by atoms with Crippen molar-refractivity contribution in [2.45, 2.75) is 45.0 Å². The van der Waals surface area contributed by atoms with Crippen LogP contribution in [-0.2, 0) is 4.74 Å². The fourth-order valence-electron chi connectivity index (χ4n) is 0.931. The molecule has 0 rings (SSSR count). The van der Waals surface area contributed by atoms with Crippen LogP contribution in [0.4, 0.5) is 0 Å². The zero-order valence-corrected chi connectivity index (χ0v) is 9.70. The fraction of sp³-hybridized carbons (Fsp3) is 1.00. The summed E-state index contributed by atoms with van der Waals surface area (Å²) in [5, 5.41) is 9.15. The Morgan fingerprint density at radius 3 is 2.58 bits per heavy atom. The van der Waals surface area contributed by atoms with Gasteiger partial charge in [-0.15, -0.1) is 0 Å². The van der Waals surface area contributed by atoms with E-state index in [0.717, 1.165) is 13.0 Å². The number of aliphatic hydroxyl groups is 1. The highest BCUT2D eigenvalue weighted by molar-refractivity contribution is 6.55. The minimum atomic E-state index is -0.388. The Labute approximate surface area is 77.5 Å². The molecule has 0 aromatic heterocycles. The Kier molecular flexibility index (Phi) is 7.86. The lowest BCUT2D eigenvalue weighted by Crippen LogP contribution is -2.14. The van der Waals surface area contributed by atoms with Crippen LogP contribution >= 0.6 is 0 Å². The topological polar surface area (TPSA) is 29.5 Å². The van der Waals surface area contributed by atoms with Crippen LogP contribution in [0.25, 0.3) is 0 Å². The van der Waals surface area contributed by atoms with Gasteiger partial charge in [0.25, 0.3) is 0 Å². The van der Waals surface area contributed by atoms with E-state index < -0.39 is 0 Å². The predicted molar refractivity (Wildman–Crippen MR) is 55.4 cm³/mol. The van der Waals surface area contributed by atoms with Crippen LogP contribution in [0.5, 0.6) is 0 Å². The summed E-state index contributed by atoms with van der Waals surface area (Å²) in [4.78, 5) is 0. The maximum atomic E-state index is 9.15. The molecule has 74 valence electrons. The summed E-state index contributed by atoms with van der Waals surface area (Å²) in [5.41, 5.74) is 0. The van der Waals surface area contributed by atoms with Crippen molar-refractivity contribution in [2.75, 3.05) is 13.2 Å². The maximum absolute atomic E-state index is 9.15. The molecule has 0 aliphatic rings. The first-order valence-corrected chi connectivity index (χ1v) is 8.05. The maximum Gasteiger partial charge on any atom is 0.0771 e. The van der Waals surface area contributed by atoms with Crippen molar-refractivity contribution in [3.05, 3.63) is 0 Å². The molecule has 1 unspecified atom stereocenters. The predicted octanol–water partition coefficient (Wildman–Crippen LogP) is 1.65. The van der Waals surface area contributed by atoms with Gasteiger partial charge in [0.15, 0.2) is 0 Å². The number of ether oxygens (including phenoxy) is 1. The summed E-state index contributed by atoms with van der Waals surface area (Å²) in [6.07, 6.45) is 1.69. The zero-order valence-electron chi connectivity index (χ0n) is 8.55. The molecule has 1 atom stereocenters. The lowest BCUT2D eigenvalue weighted by atomic mass is 10.3. The van der Waals surface area contributed by atoms with Crippen LogP contribution in [0.3, 0.4) is 0 Å². The van der Waals surface area contributed by atoms with Crippen molar-refractivity contribution in [1.82, 2.24) is 0 Å². The van der Waals surface area contributed by atoms with E-state index in [1.54, 1.807) is 0 Å². The van der Waals surface area contributed by atoms with Gasteiger partial charge >= 0.3 is 0 Å². The van der Waals surface area contributed by atoms with E-state index in [1.807, 2.05) is 6.92 Å². The van der Waals surface area contributed by atoms with Crippen molar-refractivity contribution in [1.29, 1.82) is 0 Å². The molecule has 0 bridgehead atoms. The van der Waals surface area contributed by atoms with E-state index >= 15 is 0 Å². The molecule has 0 spiro atoms. The molecule has 0 saturated heterocycles. The van der Waals surface area contributed by atoms with E-state index in [2.05, 4.69) is 13.1 Å². The van der Waals surface area contributed by atoms with Crippen LogP contribution < -0.4 is 0 Å². The first-order valence-electron chi connectivity index (χ1n) is 4.92. The monoisotopic (exact) mass is 190 g/mol. The Morgan fingerprint density at radius 2 is 2.08 bits per heavy atom. The first kappa shape index (κ1) is 12.1. The number of hydrogen-bond donors (Lipinski definition) is 1. The van der Waals surface area contributed by atoms with E-state index in [1.165, 1.54) is 12.5 Å². The van der Waals surface area contributed by atoms with Crippen LogP contribution in [0.2, 0.25) is 19.1 Å². The molecule has 2 nitrogen and oxygen atoms in total. The molecule has 1 N–H and O–H groups in total. The molecular weight excluding hydrogens is 168 g/mol. The zero-order chi connectivity index (χ0) is 9.40. The minimum absolute atomic E-state index is 0.263. The van der Waals surface area contributed by atoms with Crippen molar-refractivity contribution < 1.29 is 9.84 Å². The van der Waals surface area contributed by atoms with Crippen LogP contribution in [0.15, 0.2) is 0 Å². The van der Waals surface area contributed by atoms with Crippen LogP contribution in [-0.4, -0.2) is 33.2 Å². The molecule has 0 radical (unpaired) electrons.